The second-order valence-corrected chi connectivity index (χ2v) is 9.75. The van der Waals surface area contributed by atoms with Crippen LogP contribution in [0.4, 0.5) is 5.69 Å². The van der Waals surface area contributed by atoms with Gasteiger partial charge in [0, 0.05) is 22.5 Å². The quantitative estimate of drug-likeness (QED) is 0.676. The van der Waals surface area contributed by atoms with Crippen LogP contribution in [-0.2, 0) is 19.9 Å². The minimum atomic E-state index is -3.81. The summed E-state index contributed by atoms with van der Waals surface area (Å²) in [6, 6.07) is 15.3. The van der Waals surface area contributed by atoms with E-state index in [1.54, 1.807) is 36.4 Å². The van der Waals surface area contributed by atoms with Gasteiger partial charge in [-0.1, -0.05) is 29.8 Å². The summed E-state index contributed by atoms with van der Waals surface area (Å²) in [5, 5.41) is 7.77. The number of nitrogens with zero attached hydrogens (tertiary/aromatic N) is 2. The van der Waals surface area contributed by atoms with Crippen LogP contribution in [0.25, 0.3) is 11.3 Å². The maximum atomic E-state index is 12.5. The molecular formula is C17H14ClN3O4S2. The van der Waals surface area contributed by atoms with Gasteiger partial charge in [0.25, 0.3) is 10.0 Å². The lowest BCUT2D eigenvalue weighted by Crippen LogP contribution is -2.12. The third kappa shape index (κ3) is 4.62. The zero-order valence-corrected chi connectivity index (χ0v) is 16.4. The van der Waals surface area contributed by atoms with Crippen molar-refractivity contribution in [2.45, 2.75) is 9.92 Å². The van der Waals surface area contributed by atoms with Crippen molar-refractivity contribution in [2.75, 3.05) is 11.0 Å². The van der Waals surface area contributed by atoms with Crippen molar-refractivity contribution in [3.8, 4) is 11.3 Å². The van der Waals surface area contributed by atoms with Crippen molar-refractivity contribution in [3.05, 3.63) is 65.7 Å². The maximum absolute atomic E-state index is 12.5. The molecule has 3 rings (SSSR count). The molecule has 1 heterocycles. The number of sulfone groups is 1. The second kappa shape index (κ2) is 7.26. The summed E-state index contributed by atoms with van der Waals surface area (Å²) in [7, 11) is -7.25. The molecule has 0 bridgehead atoms. The van der Waals surface area contributed by atoms with Crippen LogP contribution in [0.5, 0.6) is 0 Å². The average molecular weight is 424 g/mol. The molecule has 27 heavy (non-hydrogen) atoms. The molecule has 0 saturated carbocycles. The molecule has 0 aliphatic heterocycles. The van der Waals surface area contributed by atoms with E-state index in [2.05, 4.69) is 14.9 Å². The van der Waals surface area contributed by atoms with Gasteiger partial charge in [0.15, 0.2) is 14.9 Å². The van der Waals surface area contributed by atoms with Gasteiger partial charge in [-0.05, 0) is 42.5 Å². The van der Waals surface area contributed by atoms with Gasteiger partial charge in [-0.3, -0.25) is 4.72 Å². The normalized spacial score (nSPS) is 11.9. The third-order valence-electron chi connectivity index (χ3n) is 3.54. The van der Waals surface area contributed by atoms with E-state index in [1.165, 1.54) is 24.3 Å². The zero-order chi connectivity index (χ0) is 19.7. The first-order valence-electron chi connectivity index (χ1n) is 7.58. The smallest absolute Gasteiger partial charge is 0.261 e. The Morgan fingerprint density at radius 1 is 0.889 bits per heavy atom. The highest BCUT2D eigenvalue weighted by molar-refractivity contribution is 7.92. The third-order valence-corrected chi connectivity index (χ3v) is 6.13. The summed E-state index contributed by atoms with van der Waals surface area (Å²) in [6.45, 7) is 0. The first-order valence-corrected chi connectivity index (χ1v) is 11.3. The predicted molar refractivity (Wildman–Crippen MR) is 103 cm³/mol. The van der Waals surface area contributed by atoms with Crippen molar-refractivity contribution >= 4 is 37.1 Å². The van der Waals surface area contributed by atoms with E-state index in [9.17, 15) is 16.8 Å². The predicted octanol–water partition coefficient (Wildman–Crippen LogP) is 3.00. The lowest BCUT2D eigenvalue weighted by molar-refractivity contribution is 0.595. The van der Waals surface area contributed by atoms with Crippen molar-refractivity contribution in [3.63, 3.8) is 0 Å². The standard InChI is InChI=1S/C17H14ClN3O4S2/c1-26(22,23)17-9-8-16(19-20-17)12-4-2-6-14(10-12)21-27(24,25)15-7-3-5-13(18)11-15/h2-11,21H,1H3. The highest BCUT2D eigenvalue weighted by Crippen LogP contribution is 2.24. The fourth-order valence-electron chi connectivity index (χ4n) is 2.26. The zero-order valence-electron chi connectivity index (χ0n) is 14.0. The second-order valence-electron chi connectivity index (χ2n) is 5.67. The summed E-state index contributed by atoms with van der Waals surface area (Å²) in [4.78, 5) is 0.0395. The van der Waals surface area contributed by atoms with Gasteiger partial charge in [0.2, 0.25) is 0 Å². The number of sulfonamides is 1. The van der Waals surface area contributed by atoms with E-state index in [-0.39, 0.29) is 9.92 Å². The summed E-state index contributed by atoms with van der Waals surface area (Å²) in [5.41, 5.74) is 1.31. The van der Waals surface area contributed by atoms with Gasteiger partial charge >= 0.3 is 0 Å². The molecule has 0 spiro atoms. The van der Waals surface area contributed by atoms with Crippen LogP contribution >= 0.6 is 11.6 Å². The number of anilines is 1. The van der Waals surface area contributed by atoms with Crippen molar-refractivity contribution in [1.82, 2.24) is 10.2 Å². The molecule has 0 aliphatic carbocycles. The van der Waals surface area contributed by atoms with Crippen molar-refractivity contribution in [1.29, 1.82) is 0 Å². The first kappa shape index (κ1) is 19.3. The van der Waals surface area contributed by atoms with Gasteiger partial charge in [-0.2, -0.15) is 0 Å². The Hall–Kier alpha value is -2.49. The molecule has 7 nitrogen and oxygen atoms in total. The molecule has 2 aromatic carbocycles. The molecule has 0 unspecified atom stereocenters. The van der Waals surface area contributed by atoms with Crippen LogP contribution in [-0.4, -0.2) is 33.3 Å². The van der Waals surface area contributed by atoms with Gasteiger partial charge in [0.05, 0.1) is 10.6 Å². The van der Waals surface area contributed by atoms with Gasteiger partial charge in [-0.25, -0.2) is 16.8 Å². The number of nitrogens with one attached hydrogen (secondary N) is 1. The van der Waals surface area contributed by atoms with Crippen LogP contribution in [0.15, 0.2) is 70.6 Å². The molecule has 0 radical (unpaired) electrons. The Morgan fingerprint density at radius 2 is 1.63 bits per heavy atom. The van der Waals surface area contributed by atoms with Crippen LogP contribution in [0, 0.1) is 0 Å². The van der Waals surface area contributed by atoms with Crippen molar-refractivity contribution < 1.29 is 16.8 Å². The molecule has 0 fully saturated rings. The van der Waals surface area contributed by atoms with Gasteiger partial charge in [-0.15, -0.1) is 10.2 Å². The maximum Gasteiger partial charge on any atom is 0.261 e. The fraction of sp³-hybridized carbons (Fsp3) is 0.0588. The van der Waals surface area contributed by atoms with Crippen LogP contribution < -0.4 is 4.72 Å². The largest absolute Gasteiger partial charge is 0.280 e. The Bertz CT molecular complexity index is 1190. The molecule has 0 saturated heterocycles. The Labute approximate surface area is 162 Å². The first-order chi connectivity index (χ1) is 12.6. The number of aromatic nitrogens is 2. The molecule has 0 aliphatic rings. The highest BCUT2D eigenvalue weighted by Gasteiger charge is 2.15. The fourth-order valence-corrected chi connectivity index (χ4v) is 4.12. The molecule has 0 amide bonds. The van der Waals surface area contributed by atoms with E-state index in [0.29, 0.717) is 22.0 Å². The number of hydrogen-bond acceptors (Lipinski definition) is 6. The SMILES string of the molecule is CS(=O)(=O)c1ccc(-c2cccc(NS(=O)(=O)c3cccc(Cl)c3)c2)nn1. The average Bonchev–Trinajstić information content (AvgIpc) is 2.61. The molecule has 1 aromatic heterocycles. The monoisotopic (exact) mass is 423 g/mol. The van der Waals surface area contributed by atoms with E-state index < -0.39 is 19.9 Å². The van der Waals surface area contributed by atoms with E-state index in [1.807, 2.05) is 0 Å². The minimum Gasteiger partial charge on any atom is -0.280 e. The molecular weight excluding hydrogens is 410 g/mol. The molecule has 1 N–H and O–H groups in total. The number of rotatable bonds is 5. The van der Waals surface area contributed by atoms with Crippen LogP contribution in [0.1, 0.15) is 0 Å². The number of hydrogen-bond donors (Lipinski definition) is 1. The minimum absolute atomic E-state index is 0.0395. The number of halogens is 1. The molecule has 0 atom stereocenters. The molecule has 140 valence electrons. The summed E-state index contributed by atoms with van der Waals surface area (Å²) < 4.78 is 50.4. The summed E-state index contributed by atoms with van der Waals surface area (Å²) in [6.07, 6.45) is 1.04. The Morgan fingerprint density at radius 3 is 2.26 bits per heavy atom. The Kier molecular flexibility index (Phi) is 5.18. The van der Waals surface area contributed by atoms with Gasteiger partial charge in [0.1, 0.15) is 0 Å². The number of benzene rings is 2. The van der Waals surface area contributed by atoms with E-state index in [0.717, 1.165) is 6.26 Å². The van der Waals surface area contributed by atoms with E-state index in [4.69, 9.17) is 11.6 Å². The van der Waals surface area contributed by atoms with E-state index >= 15 is 0 Å². The molecule has 10 heteroatoms. The van der Waals surface area contributed by atoms with Gasteiger partial charge < -0.3 is 0 Å². The molecule has 3 aromatic rings. The van der Waals surface area contributed by atoms with Crippen LogP contribution in [0.2, 0.25) is 5.02 Å². The summed E-state index contributed by atoms with van der Waals surface area (Å²) >= 11 is 5.85. The lowest BCUT2D eigenvalue weighted by Gasteiger charge is -2.10. The Balaban J connectivity index is 1.90. The topological polar surface area (TPSA) is 106 Å². The summed E-state index contributed by atoms with van der Waals surface area (Å²) in [5.74, 6) is 0. The lowest BCUT2D eigenvalue weighted by atomic mass is 10.1. The highest BCUT2D eigenvalue weighted by atomic mass is 35.5. The van der Waals surface area contributed by atoms with Crippen molar-refractivity contribution in [2.24, 2.45) is 0 Å². The van der Waals surface area contributed by atoms with Crippen LogP contribution in [0.3, 0.4) is 0 Å².